The number of carbonyl (C=O) groups is 1. The molecule has 0 bridgehead atoms. The Balaban J connectivity index is 2.23. The Kier molecular flexibility index (Phi) is 4.91. The minimum absolute atomic E-state index is 0.215. The third-order valence-corrected chi connectivity index (χ3v) is 3.96. The molecule has 0 atom stereocenters. The average Bonchev–Trinajstić information content (AvgIpc) is 2.40. The molecule has 0 fully saturated rings. The summed E-state index contributed by atoms with van der Waals surface area (Å²) in [5.74, 6) is -0.215. The molecule has 0 aliphatic carbocycles. The van der Waals surface area contributed by atoms with E-state index in [-0.39, 0.29) is 5.91 Å². The largest absolute Gasteiger partial charge is 0.378 e. The molecular formula is C16H16BrClN2O. The molecule has 2 aromatic carbocycles. The van der Waals surface area contributed by atoms with E-state index in [9.17, 15) is 4.79 Å². The van der Waals surface area contributed by atoms with Gasteiger partial charge in [-0.15, -0.1) is 0 Å². The van der Waals surface area contributed by atoms with Crippen LogP contribution in [0.1, 0.15) is 15.9 Å². The third-order valence-electron chi connectivity index (χ3n) is 3.15. The minimum Gasteiger partial charge on any atom is -0.378 e. The summed E-state index contributed by atoms with van der Waals surface area (Å²) in [6.45, 7) is 1.96. The van der Waals surface area contributed by atoms with E-state index in [4.69, 9.17) is 11.6 Å². The third kappa shape index (κ3) is 3.77. The summed E-state index contributed by atoms with van der Waals surface area (Å²) in [6.07, 6.45) is 0. The van der Waals surface area contributed by atoms with Gasteiger partial charge in [0.05, 0.1) is 10.6 Å². The second kappa shape index (κ2) is 6.50. The monoisotopic (exact) mass is 366 g/mol. The number of nitrogens with zero attached hydrogens (tertiary/aromatic N) is 1. The number of hydrogen-bond acceptors (Lipinski definition) is 2. The molecule has 0 unspecified atom stereocenters. The topological polar surface area (TPSA) is 32.3 Å². The van der Waals surface area contributed by atoms with Gasteiger partial charge in [0.2, 0.25) is 0 Å². The van der Waals surface area contributed by atoms with Gasteiger partial charge in [0, 0.05) is 29.9 Å². The summed E-state index contributed by atoms with van der Waals surface area (Å²) < 4.78 is 0.843. The first-order chi connectivity index (χ1) is 9.88. The van der Waals surface area contributed by atoms with Gasteiger partial charge in [0.25, 0.3) is 5.91 Å². The van der Waals surface area contributed by atoms with Crippen LogP contribution in [0.25, 0.3) is 0 Å². The molecule has 21 heavy (non-hydrogen) atoms. The SMILES string of the molecule is Cc1cc(N(C)C)ccc1NC(=O)c1ccc(Br)cc1Cl. The van der Waals surface area contributed by atoms with Crippen molar-refractivity contribution >= 4 is 44.8 Å². The van der Waals surface area contributed by atoms with Gasteiger partial charge < -0.3 is 10.2 Å². The van der Waals surface area contributed by atoms with Crippen molar-refractivity contribution in [3.63, 3.8) is 0 Å². The summed E-state index contributed by atoms with van der Waals surface area (Å²) in [5.41, 5.74) is 3.33. The average molecular weight is 368 g/mol. The number of halogens is 2. The molecule has 0 aromatic heterocycles. The van der Waals surface area contributed by atoms with Gasteiger partial charge in [-0.05, 0) is 48.9 Å². The number of amides is 1. The van der Waals surface area contributed by atoms with E-state index in [1.165, 1.54) is 0 Å². The smallest absolute Gasteiger partial charge is 0.257 e. The zero-order valence-electron chi connectivity index (χ0n) is 12.1. The van der Waals surface area contributed by atoms with Crippen molar-refractivity contribution in [3.8, 4) is 0 Å². The standard InChI is InChI=1S/C16H16BrClN2O/c1-10-8-12(20(2)3)5-7-15(10)19-16(21)13-6-4-11(17)9-14(13)18/h4-9H,1-3H3,(H,19,21). The predicted molar refractivity (Wildman–Crippen MR) is 92.6 cm³/mol. The normalized spacial score (nSPS) is 10.3. The van der Waals surface area contributed by atoms with Crippen molar-refractivity contribution in [2.24, 2.45) is 0 Å². The van der Waals surface area contributed by atoms with Crippen molar-refractivity contribution in [1.82, 2.24) is 0 Å². The van der Waals surface area contributed by atoms with Crippen LogP contribution in [0, 0.1) is 6.92 Å². The van der Waals surface area contributed by atoms with E-state index in [0.29, 0.717) is 10.6 Å². The van der Waals surface area contributed by atoms with Crippen LogP contribution in [-0.2, 0) is 0 Å². The molecule has 0 spiro atoms. The highest BCUT2D eigenvalue weighted by Crippen LogP contribution is 2.25. The van der Waals surface area contributed by atoms with Gasteiger partial charge in [-0.2, -0.15) is 0 Å². The lowest BCUT2D eigenvalue weighted by molar-refractivity contribution is 0.102. The molecule has 0 radical (unpaired) electrons. The molecule has 0 saturated carbocycles. The molecule has 0 aliphatic rings. The second-order valence-electron chi connectivity index (χ2n) is 4.97. The van der Waals surface area contributed by atoms with Crippen LogP contribution >= 0.6 is 27.5 Å². The Morgan fingerprint density at radius 2 is 1.90 bits per heavy atom. The molecular weight excluding hydrogens is 352 g/mol. The molecule has 5 heteroatoms. The number of hydrogen-bond donors (Lipinski definition) is 1. The highest BCUT2D eigenvalue weighted by atomic mass is 79.9. The Bertz CT molecular complexity index is 686. The van der Waals surface area contributed by atoms with Gasteiger partial charge in [-0.3, -0.25) is 4.79 Å². The minimum atomic E-state index is -0.215. The molecule has 2 aromatic rings. The van der Waals surface area contributed by atoms with Gasteiger partial charge in [0.15, 0.2) is 0 Å². The molecule has 0 saturated heterocycles. The van der Waals surface area contributed by atoms with Crippen LogP contribution in [0.15, 0.2) is 40.9 Å². The van der Waals surface area contributed by atoms with Gasteiger partial charge in [-0.25, -0.2) is 0 Å². The van der Waals surface area contributed by atoms with Gasteiger partial charge in [-0.1, -0.05) is 27.5 Å². The van der Waals surface area contributed by atoms with Gasteiger partial charge in [0.1, 0.15) is 0 Å². The number of carbonyl (C=O) groups excluding carboxylic acids is 1. The molecule has 3 nitrogen and oxygen atoms in total. The van der Waals surface area contributed by atoms with E-state index in [2.05, 4.69) is 21.2 Å². The summed E-state index contributed by atoms with van der Waals surface area (Å²) in [7, 11) is 3.96. The van der Waals surface area contributed by atoms with E-state index in [1.54, 1.807) is 18.2 Å². The summed E-state index contributed by atoms with van der Waals surface area (Å²) in [6, 6.07) is 11.1. The van der Waals surface area contributed by atoms with Crippen LogP contribution in [-0.4, -0.2) is 20.0 Å². The van der Waals surface area contributed by atoms with E-state index < -0.39 is 0 Å². The Morgan fingerprint density at radius 3 is 2.48 bits per heavy atom. The van der Waals surface area contributed by atoms with Crippen LogP contribution in [0.2, 0.25) is 5.02 Å². The first-order valence-electron chi connectivity index (χ1n) is 6.43. The Hall–Kier alpha value is -1.52. The van der Waals surface area contributed by atoms with E-state index in [0.717, 1.165) is 21.4 Å². The fraction of sp³-hybridized carbons (Fsp3) is 0.188. The highest BCUT2D eigenvalue weighted by molar-refractivity contribution is 9.10. The Morgan fingerprint density at radius 1 is 1.19 bits per heavy atom. The van der Waals surface area contributed by atoms with Crippen LogP contribution in [0.4, 0.5) is 11.4 Å². The van der Waals surface area contributed by atoms with Crippen molar-refractivity contribution in [3.05, 3.63) is 57.0 Å². The quantitative estimate of drug-likeness (QED) is 0.850. The van der Waals surface area contributed by atoms with E-state index in [1.807, 2.05) is 44.1 Å². The van der Waals surface area contributed by atoms with E-state index >= 15 is 0 Å². The van der Waals surface area contributed by atoms with Crippen molar-refractivity contribution in [2.45, 2.75) is 6.92 Å². The maximum atomic E-state index is 12.3. The maximum Gasteiger partial charge on any atom is 0.257 e. The summed E-state index contributed by atoms with van der Waals surface area (Å²) in [4.78, 5) is 14.3. The predicted octanol–water partition coefficient (Wildman–Crippen LogP) is 4.73. The first-order valence-corrected chi connectivity index (χ1v) is 7.60. The lowest BCUT2D eigenvalue weighted by Crippen LogP contribution is -2.14. The zero-order valence-corrected chi connectivity index (χ0v) is 14.4. The molecule has 0 aliphatic heterocycles. The number of rotatable bonds is 3. The molecule has 2 rings (SSSR count). The van der Waals surface area contributed by atoms with Crippen LogP contribution < -0.4 is 10.2 Å². The molecule has 1 N–H and O–H groups in total. The lowest BCUT2D eigenvalue weighted by Gasteiger charge is -2.15. The van der Waals surface area contributed by atoms with Crippen molar-refractivity contribution in [1.29, 1.82) is 0 Å². The highest BCUT2D eigenvalue weighted by Gasteiger charge is 2.12. The lowest BCUT2D eigenvalue weighted by atomic mass is 10.1. The summed E-state index contributed by atoms with van der Waals surface area (Å²) >= 11 is 9.42. The molecule has 0 heterocycles. The molecule has 110 valence electrons. The fourth-order valence-corrected chi connectivity index (χ4v) is 2.69. The number of nitrogens with one attached hydrogen (secondary N) is 1. The molecule has 1 amide bonds. The fourth-order valence-electron chi connectivity index (χ4n) is 1.93. The number of aryl methyl sites for hydroxylation is 1. The zero-order chi connectivity index (χ0) is 15.6. The maximum absolute atomic E-state index is 12.3. The second-order valence-corrected chi connectivity index (χ2v) is 6.29. The Labute approximate surface area is 138 Å². The summed E-state index contributed by atoms with van der Waals surface area (Å²) in [5, 5.41) is 3.32. The van der Waals surface area contributed by atoms with Crippen molar-refractivity contribution < 1.29 is 4.79 Å². The first kappa shape index (κ1) is 15.9. The van der Waals surface area contributed by atoms with Crippen LogP contribution in [0.3, 0.4) is 0 Å². The number of benzene rings is 2. The van der Waals surface area contributed by atoms with Crippen LogP contribution in [0.5, 0.6) is 0 Å². The number of anilines is 2. The van der Waals surface area contributed by atoms with Crippen molar-refractivity contribution in [2.75, 3.05) is 24.3 Å². The van der Waals surface area contributed by atoms with Gasteiger partial charge >= 0.3 is 0 Å².